The molecular weight excluding hydrogens is 334 g/mol. The minimum Gasteiger partial charge on any atom is -0.484 e. The number of rotatable bonds is 6. The molecule has 0 bridgehead atoms. The third-order valence-electron chi connectivity index (χ3n) is 4.79. The summed E-state index contributed by atoms with van der Waals surface area (Å²) in [6.45, 7) is 1.86. The number of carbonyl (C=O) groups is 2. The average molecular weight is 357 g/mol. The number of aliphatic hydroxyl groups excluding tert-OH is 1. The van der Waals surface area contributed by atoms with Gasteiger partial charge in [0.25, 0.3) is 11.8 Å². The van der Waals surface area contributed by atoms with Crippen molar-refractivity contribution < 1.29 is 19.4 Å². The number of aliphatic hydroxyl groups is 1. The predicted octanol–water partition coefficient (Wildman–Crippen LogP) is 1.85. The van der Waals surface area contributed by atoms with Crippen LogP contribution in [-0.2, 0) is 0 Å². The number of ether oxygens (including phenoxy) is 1. The van der Waals surface area contributed by atoms with Gasteiger partial charge in [0.1, 0.15) is 17.5 Å². The first-order valence-corrected chi connectivity index (χ1v) is 8.56. The van der Waals surface area contributed by atoms with Crippen molar-refractivity contribution in [2.45, 2.75) is 38.0 Å². The molecule has 0 saturated heterocycles. The second-order valence-corrected chi connectivity index (χ2v) is 6.65. The highest BCUT2D eigenvalue weighted by Crippen LogP contribution is 2.29. The van der Waals surface area contributed by atoms with Crippen LogP contribution < -0.4 is 10.5 Å². The van der Waals surface area contributed by atoms with E-state index < -0.39 is 5.91 Å². The van der Waals surface area contributed by atoms with E-state index in [0.29, 0.717) is 12.8 Å². The molecule has 3 rings (SSSR count). The van der Waals surface area contributed by atoms with Crippen LogP contribution in [0.25, 0.3) is 0 Å². The number of primary amides is 1. The molecule has 1 aliphatic rings. The van der Waals surface area contributed by atoms with Crippen LogP contribution >= 0.6 is 0 Å². The van der Waals surface area contributed by atoms with Gasteiger partial charge in [0.2, 0.25) is 0 Å². The topological polar surface area (TPSA) is 109 Å². The molecule has 1 aliphatic carbocycles. The Morgan fingerprint density at radius 2 is 1.96 bits per heavy atom. The van der Waals surface area contributed by atoms with Crippen LogP contribution in [-0.4, -0.2) is 46.0 Å². The summed E-state index contributed by atoms with van der Waals surface area (Å²) in [7, 11) is 1.68. The average Bonchev–Trinajstić information content (AvgIpc) is 3.02. The SMILES string of the molecule is C[C@H](Oc1cc(C(=O)N(C)C2CC(O)C2)[nH]c1C(N)=O)c1ccccc1. The summed E-state index contributed by atoms with van der Waals surface area (Å²) < 4.78 is 5.88. The van der Waals surface area contributed by atoms with Crippen molar-refractivity contribution in [2.24, 2.45) is 5.73 Å². The van der Waals surface area contributed by atoms with E-state index >= 15 is 0 Å². The first-order valence-electron chi connectivity index (χ1n) is 8.56. The Bertz CT molecular complexity index is 796. The molecule has 4 N–H and O–H groups in total. The molecule has 1 fully saturated rings. The maximum absolute atomic E-state index is 12.6. The molecular formula is C19H23N3O4. The van der Waals surface area contributed by atoms with Crippen molar-refractivity contribution in [1.29, 1.82) is 0 Å². The lowest BCUT2D eigenvalue weighted by Crippen LogP contribution is -2.47. The highest BCUT2D eigenvalue weighted by Gasteiger charge is 2.34. The molecule has 1 aromatic heterocycles. The lowest BCUT2D eigenvalue weighted by molar-refractivity contribution is 0.0130. The standard InChI is InChI=1S/C19H23N3O4/c1-11(12-6-4-3-5-7-12)26-16-10-15(21-17(16)18(20)24)19(25)22(2)13-8-14(23)9-13/h3-7,10-11,13-14,21,23H,8-9H2,1-2H3,(H2,20,24)/t11-,13?,14?/m0/s1. The molecule has 1 aromatic carbocycles. The quantitative estimate of drug-likeness (QED) is 0.733. The van der Waals surface area contributed by atoms with Gasteiger partial charge in [0.05, 0.1) is 6.10 Å². The molecule has 1 atom stereocenters. The zero-order valence-corrected chi connectivity index (χ0v) is 14.8. The number of nitrogens with zero attached hydrogens (tertiary/aromatic N) is 1. The number of aromatic amines is 1. The highest BCUT2D eigenvalue weighted by molar-refractivity contribution is 5.99. The Kier molecular flexibility index (Phi) is 4.99. The Hall–Kier alpha value is -2.80. The molecule has 7 nitrogen and oxygen atoms in total. The van der Waals surface area contributed by atoms with Gasteiger partial charge in [-0.3, -0.25) is 9.59 Å². The number of hydrogen-bond acceptors (Lipinski definition) is 4. The smallest absolute Gasteiger partial charge is 0.270 e. The van der Waals surface area contributed by atoms with Crippen molar-refractivity contribution >= 4 is 11.8 Å². The molecule has 0 aliphatic heterocycles. The summed E-state index contributed by atoms with van der Waals surface area (Å²) >= 11 is 0. The van der Waals surface area contributed by atoms with Gasteiger partial charge in [-0.15, -0.1) is 0 Å². The fourth-order valence-corrected chi connectivity index (χ4v) is 3.04. The van der Waals surface area contributed by atoms with Gasteiger partial charge in [-0.2, -0.15) is 0 Å². The predicted molar refractivity (Wildman–Crippen MR) is 95.9 cm³/mol. The van der Waals surface area contributed by atoms with Gasteiger partial charge in [-0.05, 0) is 25.3 Å². The third-order valence-corrected chi connectivity index (χ3v) is 4.79. The van der Waals surface area contributed by atoms with Crippen molar-refractivity contribution in [3.63, 3.8) is 0 Å². The fourth-order valence-electron chi connectivity index (χ4n) is 3.04. The molecule has 0 unspecified atom stereocenters. The molecule has 2 aromatic rings. The zero-order chi connectivity index (χ0) is 18.8. The van der Waals surface area contributed by atoms with E-state index in [1.54, 1.807) is 11.9 Å². The second kappa shape index (κ2) is 7.21. The van der Waals surface area contributed by atoms with Gasteiger partial charge in [0.15, 0.2) is 5.75 Å². The second-order valence-electron chi connectivity index (χ2n) is 6.65. The Morgan fingerprint density at radius 1 is 1.31 bits per heavy atom. The number of nitrogens with two attached hydrogens (primary N) is 1. The van der Waals surface area contributed by atoms with E-state index in [9.17, 15) is 14.7 Å². The van der Waals surface area contributed by atoms with Crippen LogP contribution in [0.5, 0.6) is 5.75 Å². The van der Waals surface area contributed by atoms with Gasteiger partial charge in [0, 0.05) is 19.2 Å². The summed E-state index contributed by atoms with van der Waals surface area (Å²) in [5.74, 6) is -0.716. The number of nitrogens with one attached hydrogen (secondary N) is 1. The number of hydrogen-bond donors (Lipinski definition) is 3. The van der Waals surface area contributed by atoms with E-state index in [1.807, 2.05) is 37.3 Å². The molecule has 0 spiro atoms. The van der Waals surface area contributed by atoms with Crippen molar-refractivity contribution in [3.8, 4) is 5.75 Å². The molecule has 2 amide bonds. The van der Waals surface area contributed by atoms with Gasteiger partial charge in [-0.1, -0.05) is 30.3 Å². The van der Waals surface area contributed by atoms with Crippen LogP contribution in [0, 0.1) is 0 Å². The van der Waals surface area contributed by atoms with Gasteiger partial charge < -0.3 is 25.5 Å². The summed E-state index contributed by atoms with van der Waals surface area (Å²) in [6, 6.07) is 11.0. The Morgan fingerprint density at radius 3 is 2.54 bits per heavy atom. The summed E-state index contributed by atoms with van der Waals surface area (Å²) in [4.78, 5) is 28.7. The molecule has 1 saturated carbocycles. The normalized spacial score (nSPS) is 20.1. The molecule has 138 valence electrons. The molecule has 26 heavy (non-hydrogen) atoms. The monoisotopic (exact) mass is 357 g/mol. The number of H-pyrrole nitrogens is 1. The first kappa shape index (κ1) is 18.0. The summed E-state index contributed by atoms with van der Waals surface area (Å²) in [6.07, 6.45) is 0.443. The van der Waals surface area contributed by atoms with Crippen LogP contribution in [0.2, 0.25) is 0 Å². The highest BCUT2D eigenvalue weighted by atomic mass is 16.5. The summed E-state index contributed by atoms with van der Waals surface area (Å²) in [5.41, 5.74) is 6.67. The minimum absolute atomic E-state index is 0.00885. The lowest BCUT2D eigenvalue weighted by atomic mass is 9.88. The zero-order valence-electron chi connectivity index (χ0n) is 14.8. The lowest BCUT2D eigenvalue weighted by Gasteiger charge is -2.38. The van der Waals surface area contributed by atoms with E-state index in [-0.39, 0.29) is 41.3 Å². The molecule has 7 heteroatoms. The molecule has 1 heterocycles. The first-order chi connectivity index (χ1) is 12.4. The largest absolute Gasteiger partial charge is 0.484 e. The van der Waals surface area contributed by atoms with Crippen molar-refractivity contribution in [1.82, 2.24) is 9.88 Å². The maximum atomic E-state index is 12.6. The summed E-state index contributed by atoms with van der Waals surface area (Å²) in [5, 5.41) is 9.42. The minimum atomic E-state index is -0.693. The van der Waals surface area contributed by atoms with Gasteiger partial charge in [-0.25, -0.2) is 0 Å². The van der Waals surface area contributed by atoms with E-state index in [2.05, 4.69) is 4.98 Å². The van der Waals surface area contributed by atoms with Crippen molar-refractivity contribution in [3.05, 3.63) is 53.3 Å². The van der Waals surface area contributed by atoms with E-state index in [0.717, 1.165) is 5.56 Å². The molecule has 0 radical (unpaired) electrons. The number of benzene rings is 1. The van der Waals surface area contributed by atoms with Crippen LogP contribution in [0.15, 0.2) is 36.4 Å². The van der Waals surface area contributed by atoms with Crippen LogP contribution in [0.3, 0.4) is 0 Å². The van der Waals surface area contributed by atoms with E-state index in [4.69, 9.17) is 10.5 Å². The fraction of sp³-hybridized carbons (Fsp3) is 0.368. The number of amides is 2. The Balaban J connectivity index is 1.80. The third kappa shape index (κ3) is 3.57. The van der Waals surface area contributed by atoms with Crippen LogP contribution in [0.1, 0.15) is 52.4 Å². The van der Waals surface area contributed by atoms with Crippen molar-refractivity contribution in [2.75, 3.05) is 7.05 Å². The number of aromatic nitrogens is 1. The van der Waals surface area contributed by atoms with Crippen LogP contribution in [0.4, 0.5) is 0 Å². The Labute approximate surface area is 151 Å². The number of carbonyl (C=O) groups excluding carboxylic acids is 2. The maximum Gasteiger partial charge on any atom is 0.270 e. The van der Waals surface area contributed by atoms with Gasteiger partial charge >= 0.3 is 0 Å². The van der Waals surface area contributed by atoms with E-state index in [1.165, 1.54) is 6.07 Å².